The van der Waals surface area contributed by atoms with E-state index in [1.807, 2.05) is 24.4 Å². The highest BCUT2D eigenvalue weighted by atomic mass is 32.1. The van der Waals surface area contributed by atoms with Gasteiger partial charge in [0.05, 0.1) is 16.9 Å². The van der Waals surface area contributed by atoms with E-state index >= 15 is 0 Å². The van der Waals surface area contributed by atoms with Gasteiger partial charge in [-0.05, 0) is 57.2 Å². The predicted octanol–water partition coefficient (Wildman–Crippen LogP) is 3.62. The summed E-state index contributed by atoms with van der Waals surface area (Å²) in [7, 11) is 0. The number of hydrogen-bond acceptors (Lipinski definition) is 4. The second kappa shape index (κ2) is 6.80. The fraction of sp³-hybridized carbons (Fsp3) is 0.167. The number of hydrogen-bond donors (Lipinski definition) is 1. The maximum Gasteiger partial charge on any atom is 0.271 e. The van der Waals surface area contributed by atoms with Crippen molar-refractivity contribution in [1.29, 1.82) is 0 Å². The van der Waals surface area contributed by atoms with Crippen LogP contribution in [0.5, 0.6) is 0 Å². The first-order valence-electron chi connectivity index (χ1n) is 7.55. The van der Waals surface area contributed by atoms with Gasteiger partial charge in [-0.25, -0.2) is 10.4 Å². The molecule has 0 saturated carbocycles. The van der Waals surface area contributed by atoms with E-state index in [2.05, 4.69) is 46.1 Å². The smallest absolute Gasteiger partial charge is 0.271 e. The lowest BCUT2D eigenvalue weighted by molar-refractivity contribution is 0.0955. The molecule has 2 aromatic heterocycles. The summed E-state index contributed by atoms with van der Waals surface area (Å²) in [4.78, 5) is 16.4. The van der Waals surface area contributed by atoms with Crippen molar-refractivity contribution < 1.29 is 4.79 Å². The number of aryl methyl sites for hydroxylation is 3. The molecule has 1 aromatic carbocycles. The van der Waals surface area contributed by atoms with Gasteiger partial charge in [-0.3, -0.25) is 4.79 Å². The summed E-state index contributed by atoms with van der Waals surface area (Å²) in [5, 5.41) is 6.80. The van der Waals surface area contributed by atoms with Gasteiger partial charge in [0.25, 0.3) is 5.91 Å². The molecule has 0 radical (unpaired) electrons. The van der Waals surface area contributed by atoms with E-state index < -0.39 is 0 Å². The van der Waals surface area contributed by atoms with Crippen LogP contribution in [0.1, 0.15) is 32.4 Å². The lowest BCUT2D eigenvalue weighted by Gasteiger charge is -2.09. The first-order valence-corrected chi connectivity index (χ1v) is 8.43. The van der Waals surface area contributed by atoms with Crippen molar-refractivity contribution in [2.75, 3.05) is 0 Å². The topological polar surface area (TPSA) is 59.3 Å². The molecule has 0 saturated heterocycles. The van der Waals surface area contributed by atoms with Crippen LogP contribution in [-0.4, -0.2) is 21.7 Å². The molecule has 1 N–H and O–H groups in total. The van der Waals surface area contributed by atoms with Crippen LogP contribution >= 0.6 is 11.3 Å². The van der Waals surface area contributed by atoms with Crippen molar-refractivity contribution in [3.05, 3.63) is 69.4 Å². The van der Waals surface area contributed by atoms with Gasteiger partial charge in [0.15, 0.2) is 0 Å². The number of carbonyl (C=O) groups is 1. The molecule has 0 spiro atoms. The number of nitrogens with zero attached hydrogens (tertiary/aromatic N) is 3. The normalized spacial score (nSPS) is 11.1. The summed E-state index contributed by atoms with van der Waals surface area (Å²) in [5.41, 5.74) is 7.18. The Bertz CT molecular complexity index is 871. The van der Waals surface area contributed by atoms with Crippen LogP contribution in [0, 0.1) is 20.8 Å². The molecule has 0 fully saturated rings. The maximum atomic E-state index is 12.1. The standard InChI is InChI=1S/C18H18N4OS/c1-12-4-5-13(2)22(12)17-8-6-15(7-9-17)18(23)21-19-10-16-11-24-14(3)20-16/h4-11H,1-3H3,(H,21,23)/b19-10+. The molecular weight excluding hydrogens is 320 g/mol. The van der Waals surface area contributed by atoms with E-state index in [0.717, 1.165) is 27.8 Å². The van der Waals surface area contributed by atoms with Crippen molar-refractivity contribution in [1.82, 2.24) is 15.0 Å². The number of nitrogens with one attached hydrogen (secondary N) is 1. The Morgan fingerprint density at radius 1 is 1.12 bits per heavy atom. The van der Waals surface area contributed by atoms with Gasteiger partial charge in [-0.15, -0.1) is 11.3 Å². The van der Waals surface area contributed by atoms with E-state index in [9.17, 15) is 4.79 Å². The SMILES string of the molecule is Cc1nc(/C=N/NC(=O)c2ccc(-n3c(C)ccc3C)cc2)cs1. The van der Waals surface area contributed by atoms with E-state index in [1.54, 1.807) is 29.7 Å². The first kappa shape index (κ1) is 16.1. The van der Waals surface area contributed by atoms with Gasteiger partial charge >= 0.3 is 0 Å². The molecule has 3 rings (SSSR count). The third kappa shape index (κ3) is 3.44. The van der Waals surface area contributed by atoms with Crippen LogP contribution < -0.4 is 5.43 Å². The Kier molecular flexibility index (Phi) is 4.57. The number of amides is 1. The average molecular weight is 338 g/mol. The Morgan fingerprint density at radius 3 is 2.38 bits per heavy atom. The van der Waals surface area contributed by atoms with Gasteiger partial charge in [0.2, 0.25) is 0 Å². The van der Waals surface area contributed by atoms with Crippen molar-refractivity contribution in [2.24, 2.45) is 5.10 Å². The molecule has 3 aromatic rings. The molecule has 0 aliphatic carbocycles. The molecule has 5 nitrogen and oxygen atoms in total. The largest absolute Gasteiger partial charge is 0.319 e. The van der Waals surface area contributed by atoms with Crippen LogP contribution in [0.15, 0.2) is 46.9 Å². The quantitative estimate of drug-likeness (QED) is 0.583. The minimum absolute atomic E-state index is 0.245. The Balaban J connectivity index is 1.69. The zero-order valence-electron chi connectivity index (χ0n) is 13.8. The van der Waals surface area contributed by atoms with Crippen LogP contribution in [0.2, 0.25) is 0 Å². The number of aromatic nitrogens is 2. The number of carbonyl (C=O) groups excluding carboxylic acids is 1. The summed E-state index contributed by atoms with van der Waals surface area (Å²) >= 11 is 1.54. The van der Waals surface area contributed by atoms with Gasteiger partial charge in [0.1, 0.15) is 0 Å². The Morgan fingerprint density at radius 2 is 1.79 bits per heavy atom. The summed E-state index contributed by atoms with van der Waals surface area (Å²) in [6, 6.07) is 11.6. The van der Waals surface area contributed by atoms with Crippen molar-refractivity contribution in [2.45, 2.75) is 20.8 Å². The van der Waals surface area contributed by atoms with E-state index in [1.165, 1.54) is 0 Å². The van der Waals surface area contributed by atoms with Crippen LogP contribution in [-0.2, 0) is 0 Å². The molecule has 0 unspecified atom stereocenters. The molecule has 0 bridgehead atoms. The van der Waals surface area contributed by atoms with Gasteiger partial charge < -0.3 is 4.57 Å². The lowest BCUT2D eigenvalue weighted by atomic mass is 10.2. The van der Waals surface area contributed by atoms with Crippen molar-refractivity contribution >= 4 is 23.5 Å². The second-order valence-corrected chi connectivity index (χ2v) is 6.55. The summed E-state index contributed by atoms with van der Waals surface area (Å²) < 4.78 is 2.14. The van der Waals surface area contributed by atoms with Crippen molar-refractivity contribution in [3.8, 4) is 5.69 Å². The fourth-order valence-corrected chi connectivity index (χ4v) is 3.06. The highest BCUT2D eigenvalue weighted by Gasteiger charge is 2.07. The molecule has 122 valence electrons. The predicted molar refractivity (Wildman–Crippen MR) is 97.2 cm³/mol. The van der Waals surface area contributed by atoms with Gasteiger partial charge in [0, 0.05) is 28.0 Å². The Hall–Kier alpha value is -2.73. The molecule has 0 aliphatic heterocycles. The van der Waals surface area contributed by atoms with E-state index in [0.29, 0.717) is 5.56 Å². The molecule has 6 heteroatoms. The third-order valence-electron chi connectivity index (χ3n) is 3.66. The lowest BCUT2D eigenvalue weighted by Crippen LogP contribution is -2.17. The summed E-state index contributed by atoms with van der Waals surface area (Å²) in [6.45, 7) is 6.04. The third-order valence-corrected chi connectivity index (χ3v) is 4.45. The number of thiazole rings is 1. The number of rotatable bonds is 4. The molecule has 24 heavy (non-hydrogen) atoms. The van der Waals surface area contributed by atoms with Crippen LogP contribution in [0.4, 0.5) is 0 Å². The molecule has 1 amide bonds. The average Bonchev–Trinajstić information content (AvgIpc) is 3.13. The van der Waals surface area contributed by atoms with Gasteiger partial charge in [-0.2, -0.15) is 5.10 Å². The minimum atomic E-state index is -0.245. The van der Waals surface area contributed by atoms with E-state index in [4.69, 9.17) is 0 Å². The first-order chi connectivity index (χ1) is 11.5. The highest BCUT2D eigenvalue weighted by molar-refractivity contribution is 7.09. The zero-order valence-corrected chi connectivity index (χ0v) is 14.6. The molecule has 0 aliphatic rings. The highest BCUT2D eigenvalue weighted by Crippen LogP contribution is 2.16. The number of benzene rings is 1. The molecule has 0 atom stereocenters. The fourth-order valence-electron chi connectivity index (χ4n) is 2.50. The Labute approximate surface area is 144 Å². The van der Waals surface area contributed by atoms with Crippen molar-refractivity contribution in [3.63, 3.8) is 0 Å². The number of hydrazone groups is 1. The molecular formula is C18H18N4OS. The van der Waals surface area contributed by atoms with E-state index in [-0.39, 0.29) is 5.91 Å². The monoisotopic (exact) mass is 338 g/mol. The van der Waals surface area contributed by atoms with Gasteiger partial charge in [-0.1, -0.05) is 0 Å². The summed E-state index contributed by atoms with van der Waals surface area (Å²) in [6.07, 6.45) is 1.54. The zero-order chi connectivity index (χ0) is 17.1. The van der Waals surface area contributed by atoms with Crippen LogP contribution in [0.25, 0.3) is 5.69 Å². The minimum Gasteiger partial charge on any atom is -0.319 e. The second-order valence-electron chi connectivity index (χ2n) is 5.49. The summed E-state index contributed by atoms with van der Waals surface area (Å²) in [5.74, 6) is -0.245. The molecule has 2 heterocycles. The maximum absolute atomic E-state index is 12.1. The van der Waals surface area contributed by atoms with Crippen LogP contribution in [0.3, 0.4) is 0 Å².